The predicted molar refractivity (Wildman–Crippen MR) is 116 cm³/mol. The zero-order valence-electron chi connectivity index (χ0n) is 17.6. The average Bonchev–Trinajstić information content (AvgIpc) is 3.32. The van der Waals surface area contributed by atoms with E-state index < -0.39 is 5.97 Å². The number of aromatic nitrogens is 2. The van der Waals surface area contributed by atoms with Crippen LogP contribution in [0.15, 0.2) is 42.7 Å². The van der Waals surface area contributed by atoms with Crippen LogP contribution in [0.2, 0.25) is 0 Å². The van der Waals surface area contributed by atoms with Crippen LogP contribution >= 0.6 is 0 Å². The molecule has 1 N–H and O–H groups in total. The van der Waals surface area contributed by atoms with Gasteiger partial charge in [0.2, 0.25) is 0 Å². The number of aryl methyl sites for hydroxylation is 2. The molecule has 2 heterocycles. The van der Waals surface area contributed by atoms with Crippen LogP contribution in [0.25, 0.3) is 11.1 Å². The fourth-order valence-corrected chi connectivity index (χ4v) is 4.83. The summed E-state index contributed by atoms with van der Waals surface area (Å²) < 4.78 is 12.1. The van der Waals surface area contributed by atoms with E-state index in [4.69, 9.17) is 14.6 Å². The summed E-state index contributed by atoms with van der Waals surface area (Å²) in [6.45, 7) is 4.45. The van der Waals surface area contributed by atoms with Gasteiger partial charge in [0.1, 0.15) is 23.9 Å². The molecule has 2 atom stereocenters. The van der Waals surface area contributed by atoms with Crippen LogP contribution in [-0.2, 0) is 11.2 Å². The Balaban J connectivity index is 1.42. The van der Waals surface area contributed by atoms with Gasteiger partial charge in [-0.25, -0.2) is 9.97 Å². The molecule has 1 aromatic heterocycles. The van der Waals surface area contributed by atoms with E-state index in [2.05, 4.69) is 28.2 Å². The maximum absolute atomic E-state index is 11.1. The van der Waals surface area contributed by atoms with E-state index in [0.29, 0.717) is 6.61 Å². The summed E-state index contributed by atoms with van der Waals surface area (Å²) in [5.41, 5.74) is 7.70. The minimum absolute atomic E-state index is 0.0329. The van der Waals surface area contributed by atoms with Gasteiger partial charge in [-0.15, -0.1) is 0 Å². The molecular weight excluding hydrogens is 392 g/mol. The lowest BCUT2D eigenvalue weighted by Crippen LogP contribution is -2.07. The lowest BCUT2D eigenvalue weighted by Gasteiger charge is -2.17. The number of benzene rings is 2. The fourth-order valence-electron chi connectivity index (χ4n) is 4.83. The van der Waals surface area contributed by atoms with Crippen LogP contribution in [0.3, 0.4) is 0 Å². The number of nitrogens with zero attached hydrogens (tertiary/aromatic N) is 2. The maximum atomic E-state index is 11.1. The monoisotopic (exact) mass is 416 g/mol. The molecule has 1 aliphatic heterocycles. The van der Waals surface area contributed by atoms with Gasteiger partial charge in [0.05, 0.1) is 13.0 Å². The summed E-state index contributed by atoms with van der Waals surface area (Å²) >= 11 is 0. The van der Waals surface area contributed by atoms with Crippen LogP contribution in [0.5, 0.6) is 11.5 Å². The minimum atomic E-state index is -0.811. The largest absolute Gasteiger partial charge is 0.492 e. The highest BCUT2D eigenvalue weighted by atomic mass is 16.5. The van der Waals surface area contributed by atoms with Crippen LogP contribution < -0.4 is 9.47 Å². The molecular formula is C25H24N2O4. The highest BCUT2D eigenvalue weighted by Crippen LogP contribution is 2.43. The smallest absolute Gasteiger partial charge is 0.304 e. The Bertz CT molecular complexity index is 1150. The van der Waals surface area contributed by atoms with Crippen LogP contribution in [0.1, 0.15) is 52.9 Å². The van der Waals surface area contributed by atoms with Gasteiger partial charge < -0.3 is 14.6 Å². The molecule has 2 aromatic carbocycles. The number of carboxylic acid groups (broad SMARTS) is 1. The van der Waals surface area contributed by atoms with E-state index >= 15 is 0 Å². The molecule has 2 aliphatic rings. The third-order valence-electron chi connectivity index (χ3n) is 6.28. The number of carboxylic acids is 1. The number of ether oxygens (including phenoxy) is 2. The second-order valence-corrected chi connectivity index (χ2v) is 8.24. The molecule has 1 unspecified atom stereocenters. The van der Waals surface area contributed by atoms with E-state index in [1.807, 2.05) is 32.0 Å². The molecule has 0 saturated heterocycles. The molecule has 3 aromatic rings. The van der Waals surface area contributed by atoms with Gasteiger partial charge >= 0.3 is 5.97 Å². The Morgan fingerprint density at radius 1 is 1.16 bits per heavy atom. The molecule has 0 saturated carbocycles. The third-order valence-corrected chi connectivity index (χ3v) is 6.28. The van der Waals surface area contributed by atoms with Gasteiger partial charge in [-0.1, -0.05) is 24.3 Å². The molecule has 6 nitrogen and oxygen atoms in total. The number of hydrogen-bond donors (Lipinski definition) is 1. The van der Waals surface area contributed by atoms with Crippen molar-refractivity contribution < 1.29 is 19.4 Å². The first-order chi connectivity index (χ1) is 15.0. The summed E-state index contributed by atoms with van der Waals surface area (Å²) in [5, 5.41) is 9.09. The first-order valence-electron chi connectivity index (χ1n) is 10.6. The van der Waals surface area contributed by atoms with Crippen molar-refractivity contribution in [2.75, 3.05) is 6.61 Å². The summed E-state index contributed by atoms with van der Waals surface area (Å²) in [5.74, 6) is 0.558. The van der Waals surface area contributed by atoms with Crippen molar-refractivity contribution in [3.63, 3.8) is 0 Å². The molecule has 0 amide bonds. The van der Waals surface area contributed by atoms with Gasteiger partial charge in [-0.3, -0.25) is 4.79 Å². The summed E-state index contributed by atoms with van der Waals surface area (Å²) in [7, 11) is 0. The topological polar surface area (TPSA) is 81.5 Å². The SMILES string of the molecule is Cc1ncnc(C)c1-c1cccc2c1CC[C@H]2Oc1ccc2c(c1)OCC2CC(=O)O. The summed E-state index contributed by atoms with van der Waals surface area (Å²) in [6, 6.07) is 12.1. The lowest BCUT2D eigenvalue weighted by atomic mass is 9.95. The van der Waals surface area contributed by atoms with E-state index in [1.165, 1.54) is 16.7 Å². The fraction of sp³-hybridized carbons (Fsp3) is 0.320. The van der Waals surface area contributed by atoms with Crippen LogP contribution in [0.4, 0.5) is 0 Å². The van der Waals surface area contributed by atoms with Crippen LogP contribution in [-0.4, -0.2) is 27.7 Å². The highest BCUT2D eigenvalue weighted by molar-refractivity contribution is 5.73. The Hall–Kier alpha value is -3.41. The molecule has 6 heteroatoms. The summed E-state index contributed by atoms with van der Waals surface area (Å²) in [4.78, 5) is 19.8. The molecule has 158 valence electrons. The minimum Gasteiger partial charge on any atom is -0.492 e. The lowest BCUT2D eigenvalue weighted by molar-refractivity contribution is -0.137. The van der Waals surface area contributed by atoms with E-state index in [9.17, 15) is 4.79 Å². The average molecular weight is 416 g/mol. The van der Waals surface area contributed by atoms with E-state index in [1.54, 1.807) is 6.33 Å². The quantitative estimate of drug-likeness (QED) is 0.645. The number of hydrogen-bond acceptors (Lipinski definition) is 5. The molecule has 0 fully saturated rings. The summed E-state index contributed by atoms with van der Waals surface area (Å²) in [6.07, 6.45) is 3.49. The Morgan fingerprint density at radius 3 is 2.74 bits per heavy atom. The van der Waals surface area contributed by atoms with E-state index in [0.717, 1.165) is 46.9 Å². The van der Waals surface area contributed by atoms with Gasteiger partial charge in [0.15, 0.2) is 0 Å². The number of fused-ring (bicyclic) bond motifs is 2. The Morgan fingerprint density at radius 2 is 1.97 bits per heavy atom. The van der Waals surface area contributed by atoms with Crippen LogP contribution in [0, 0.1) is 13.8 Å². The number of rotatable bonds is 5. The number of carbonyl (C=O) groups is 1. The molecule has 5 rings (SSSR count). The van der Waals surface area contributed by atoms with Crippen molar-refractivity contribution in [1.82, 2.24) is 9.97 Å². The Kier molecular flexibility index (Phi) is 4.85. The Labute approximate surface area is 180 Å². The molecule has 0 radical (unpaired) electrons. The van der Waals surface area contributed by atoms with Gasteiger partial charge in [-0.2, -0.15) is 0 Å². The zero-order chi connectivity index (χ0) is 21.5. The second kappa shape index (κ2) is 7.69. The zero-order valence-corrected chi connectivity index (χ0v) is 17.6. The first-order valence-corrected chi connectivity index (χ1v) is 10.6. The molecule has 31 heavy (non-hydrogen) atoms. The first kappa shape index (κ1) is 19.5. The maximum Gasteiger partial charge on any atom is 0.304 e. The van der Waals surface area contributed by atoms with Crippen molar-refractivity contribution in [3.05, 3.63) is 70.8 Å². The van der Waals surface area contributed by atoms with Gasteiger partial charge in [0, 0.05) is 34.5 Å². The number of aliphatic carboxylic acids is 1. The van der Waals surface area contributed by atoms with Gasteiger partial charge in [0.25, 0.3) is 0 Å². The standard InChI is InChI=1S/C25H24N2O4/c1-14-25(15(2)27-13-26-14)21-5-3-4-20-19(21)8-9-22(20)31-17-6-7-18-16(10-24(28)29)12-30-23(18)11-17/h3-7,11,13,16,22H,8-10,12H2,1-2H3,(H,28,29)/t16?,22-/m1/s1. The van der Waals surface area contributed by atoms with Gasteiger partial charge in [-0.05, 0) is 49.4 Å². The normalized spacial score (nSPS) is 18.9. The highest BCUT2D eigenvalue weighted by Gasteiger charge is 2.30. The third kappa shape index (κ3) is 3.52. The molecule has 0 bridgehead atoms. The molecule has 0 spiro atoms. The second-order valence-electron chi connectivity index (χ2n) is 8.24. The van der Waals surface area contributed by atoms with Crippen molar-refractivity contribution in [1.29, 1.82) is 0 Å². The molecule has 1 aliphatic carbocycles. The van der Waals surface area contributed by atoms with Crippen molar-refractivity contribution in [3.8, 4) is 22.6 Å². The van der Waals surface area contributed by atoms with Crippen molar-refractivity contribution >= 4 is 5.97 Å². The predicted octanol–water partition coefficient (Wildman–Crippen LogP) is 4.78. The van der Waals surface area contributed by atoms with E-state index in [-0.39, 0.29) is 18.4 Å². The van der Waals surface area contributed by atoms with Crippen molar-refractivity contribution in [2.45, 2.75) is 45.1 Å². The van der Waals surface area contributed by atoms with Crippen molar-refractivity contribution in [2.24, 2.45) is 0 Å².